The summed E-state index contributed by atoms with van der Waals surface area (Å²) in [5.74, 6) is 0. The maximum absolute atomic E-state index is 9.21. The molecule has 0 heterocycles. The number of hydrogen-bond donors (Lipinski definition) is 0. The van der Waals surface area contributed by atoms with E-state index in [-0.39, 0.29) is 28.8 Å². The van der Waals surface area contributed by atoms with Gasteiger partial charge in [0, 0.05) is 4.47 Å². The molecule has 0 atom stereocenters. The average molecular weight is 545 g/mol. The highest BCUT2D eigenvalue weighted by Gasteiger charge is 2.15. The number of benzene rings is 7. The number of fused-ring (bicyclic) bond motifs is 3. The Bertz CT molecular complexity index is 2380. The molecule has 0 nitrogen and oxygen atoms in total. The molecule has 0 saturated heterocycles. The third-order valence-corrected chi connectivity index (χ3v) is 7.52. The summed E-state index contributed by atoms with van der Waals surface area (Å²) >= 11 is 3.79. The second-order valence-electron chi connectivity index (χ2n) is 8.81. The summed E-state index contributed by atoms with van der Waals surface area (Å²) in [6.07, 6.45) is 0. The lowest BCUT2D eigenvalue weighted by Gasteiger charge is -2.16. The normalized spacial score (nSPS) is 14.8. The van der Waals surface area contributed by atoms with Gasteiger partial charge >= 0.3 is 0 Å². The molecule has 0 spiro atoms. The van der Waals surface area contributed by atoms with E-state index in [9.17, 15) is 2.74 Å². The highest BCUT2D eigenvalue weighted by molar-refractivity contribution is 9.10. The summed E-state index contributed by atoms with van der Waals surface area (Å²) in [4.78, 5) is 0. The number of hydrogen-bond acceptors (Lipinski definition) is 0. The first-order chi connectivity index (χ1) is 22.0. The molecule has 7 rings (SSSR count). The van der Waals surface area contributed by atoms with Crippen molar-refractivity contribution in [3.63, 3.8) is 0 Å². The zero-order chi connectivity index (χ0) is 32.6. The van der Waals surface area contributed by atoms with E-state index < -0.39 is 42.3 Å². The molecule has 0 unspecified atom stereocenters. The van der Waals surface area contributed by atoms with Crippen LogP contribution < -0.4 is 0 Å². The highest BCUT2D eigenvalue weighted by Crippen LogP contribution is 2.43. The minimum absolute atomic E-state index is 0.0653. The van der Waals surface area contributed by atoms with E-state index in [1.807, 2.05) is 60.7 Å². The maximum Gasteiger partial charge on any atom is 0.0629 e. The van der Waals surface area contributed by atoms with Gasteiger partial charge in [0.05, 0.1) is 12.3 Å². The fourth-order valence-electron chi connectivity index (χ4n) is 4.88. The summed E-state index contributed by atoms with van der Waals surface area (Å²) in [7, 11) is 0. The predicted molar refractivity (Wildman–Crippen MR) is 163 cm³/mol. The first-order valence-electron chi connectivity index (χ1n) is 16.3. The smallest absolute Gasteiger partial charge is 0.0622 e. The molecule has 0 aliphatic heterocycles. The lowest BCUT2D eigenvalue weighted by atomic mass is 9.89. The van der Waals surface area contributed by atoms with Crippen LogP contribution in [0, 0.1) is 0 Å². The van der Waals surface area contributed by atoms with Crippen LogP contribution in [0.2, 0.25) is 0 Å². The van der Waals surface area contributed by atoms with Crippen LogP contribution in [-0.4, -0.2) is 0 Å². The van der Waals surface area contributed by atoms with Gasteiger partial charge in [0.15, 0.2) is 0 Å². The van der Waals surface area contributed by atoms with Gasteiger partial charge in [-0.05, 0) is 93.8 Å². The molecule has 0 saturated carbocycles. The zero-order valence-corrected chi connectivity index (χ0v) is 21.0. The van der Waals surface area contributed by atoms with E-state index in [1.165, 1.54) is 0 Å². The van der Waals surface area contributed by atoms with Crippen LogP contribution in [0.25, 0.3) is 65.7 Å². The van der Waals surface area contributed by atoms with Crippen molar-refractivity contribution in [2.24, 2.45) is 0 Å². The Balaban J connectivity index is 1.58. The predicted octanol–water partition coefficient (Wildman–Crippen LogP) is 10.9. The molecular formula is C36H23Br. The molecule has 0 aliphatic rings. The number of rotatable bonds is 3. The van der Waals surface area contributed by atoms with Crippen LogP contribution in [-0.2, 0) is 0 Å². The fourth-order valence-corrected chi connectivity index (χ4v) is 5.57. The van der Waals surface area contributed by atoms with Crippen LogP contribution in [0.1, 0.15) is 12.3 Å². The van der Waals surface area contributed by atoms with Gasteiger partial charge in [-0.3, -0.25) is 0 Å². The molecule has 0 radical (unpaired) electrons. The van der Waals surface area contributed by atoms with Crippen molar-refractivity contribution >= 4 is 48.2 Å². The van der Waals surface area contributed by atoms with Crippen molar-refractivity contribution < 1.29 is 12.3 Å². The lowest BCUT2D eigenvalue weighted by Crippen LogP contribution is -1.89. The molecule has 0 N–H and O–H groups in total. The van der Waals surface area contributed by atoms with Gasteiger partial charge in [0.2, 0.25) is 0 Å². The minimum Gasteiger partial charge on any atom is -0.0622 e. The van der Waals surface area contributed by atoms with Gasteiger partial charge in [0.25, 0.3) is 0 Å². The maximum atomic E-state index is 9.21. The first kappa shape index (κ1) is 14.5. The van der Waals surface area contributed by atoms with Gasteiger partial charge in [-0.1, -0.05) is 127 Å². The van der Waals surface area contributed by atoms with Crippen molar-refractivity contribution in [1.29, 1.82) is 0 Å². The standard InChI is InChI=1S/C36H23Br/c37-36-32-13-7-6-12-31(32)35(27-17-14-26(15-18-27)24-8-2-1-3-9-24)34-23-30(20-21-33(34)36)29-19-16-25-10-4-5-11-28(25)22-29/h1-23H/i1D,2D,3D,8D,9D,14D,15D,17D,18D. The SMILES string of the molecule is [2H]c1c([2H])c([2H])c(-c2c([2H])c([2H])c(-c3c4ccccc4c(Br)c4ccc(-c5ccc6ccccc6c5)cc34)c([2H])c2[2H])c([2H])c1[2H]. The van der Waals surface area contributed by atoms with E-state index in [4.69, 9.17) is 9.60 Å². The van der Waals surface area contributed by atoms with E-state index in [0.29, 0.717) is 16.3 Å². The van der Waals surface area contributed by atoms with E-state index >= 15 is 0 Å². The van der Waals surface area contributed by atoms with Crippen LogP contribution in [0.4, 0.5) is 0 Å². The molecule has 1 heteroatoms. The topological polar surface area (TPSA) is 0 Å². The van der Waals surface area contributed by atoms with Crippen molar-refractivity contribution in [2.75, 3.05) is 0 Å². The van der Waals surface area contributed by atoms with E-state index in [0.717, 1.165) is 37.1 Å². The van der Waals surface area contributed by atoms with Gasteiger partial charge < -0.3 is 0 Å². The van der Waals surface area contributed by atoms with Gasteiger partial charge in [-0.2, -0.15) is 0 Å². The molecular weight excluding hydrogens is 512 g/mol. The zero-order valence-electron chi connectivity index (χ0n) is 28.5. The summed E-state index contributed by atoms with van der Waals surface area (Å²) in [6.45, 7) is 0. The Morgan fingerprint density at radius 3 is 1.84 bits per heavy atom. The Morgan fingerprint density at radius 2 is 1.03 bits per heavy atom. The summed E-state index contributed by atoms with van der Waals surface area (Å²) in [5, 5.41) is 5.29. The molecule has 7 aromatic carbocycles. The van der Waals surface area contributed by atoms with Crippen molar-refractivity contribution in [3.05, 3.63) is 144 Å². The first-order valence-corrected chi connectivity index (χ1v) is 12.6. The third-order valence-electron chi connectivity index (χ3n) is 6.67. The second kappa shape index (κ2) is 9.03. The highest BCUT2D eigenvalue weighted by atomic mass is 79.9. The quantitative estimate of drug-likeness (QED) is 0.194. The van der Waals surface area contributed by atoms with E-state index in [2.05, 4.69) is 40.2 Å². The van der Waals surface area contributed by atoms with Gasteiger partial charge in [-0.15, -0.1) is 0 Å². The van der Waals surface area contributed by atoms with Gasteiger partial charge in [-0.25, -0.2) is 0 Å². The Kier molecular flexibility index (Phi) is 3.54. The average Bonchev–Trinajstić information content (AvgIpc) is 3.08. The summed E-state index contributed by atoms with van der Waals surface area (Å²) < 4.78 is 78.4. The molecule has 7 aromatic rings. The van der Waals surface area contributed by atoms with Gasteiger partial charge in [0.1, 0.15) is 0 Å². The molecule has 0 fully saturated rings. The molecule has 0 aromatic heterocycles. The molecule has 0 amide bonds. The Morgan fingerprint density at radius 1 is 0.432 bits per heavy atom. The van der Waals surface area contributed by atoms with Crippen molar-refractivity contribution in [1.82, 2.24) is 0 Å². The lowest BCUT2D eigenvalue weighted by molar-refractivity contribution is 1.61. The van der Waals surface area contributed by atoms with Crippen LogP contribution in [0.3, 0.4) is 0 Å². The van der Waals surface area contributed by atoms with Crippen molar-refractivity contribution in [2.45, 2.75) is 0 Å². The molecule has 0 aliphatic carbocycles. The molecule has 0 bridgehead atoms. The molecule has 37 heavy (non-hydrogen) atoms. The number of halogens is 1. The minimum atomic E-state index is -0.608. The van der Waals surface area contributed by atoms with Crippen LogP contribution in [0.5, 0.6) is 0 Å². The summed E-state index contributed by atoms with van der Waals surface area (Å²) in [6, 6.07) is 23.2. The Labute approximate surface area is 237 Å². The monoisotopic (exact) mass is 543 g/mol. The Hall–Kier alpha value is -4.20. The third kappa shape index (κ3) is 3.84. The van der Waals surface area contributed by atoms with E-state index in [1.54, 1.807) is 0 Å². The summed E-state index contributed by atoms with van der Waals surface area (Å²) in [5.41, 5.74) is 1.77. The van der Waals surface area contributed by atoms with Crippen molar-refractivity contribution in [3.8, 4) is 33.4 Å². The van der Waals surface area contributed by atoms with Crippen LogP contribution in [0.15, 0.2) is 144 Å². The second-order valence-corrected chi connectivity index (χ2v) is 9.60. The molecule has 174 valence electrons. The van der Waals surface area contributed by atoms with Crippen LogP contribution >= 0.6 is 15.9 Å². The largest absolute Gasteiger partial charge is 0.0629 e. The fraction of sp³-hybridized carbons (Fsp3) is 0.